The van der Waals surface area contributed by atoms with Crippen molar-refractivity contribution in [3.8, 4) is 0 Å². The van der Waals surface area contributed by atoms with Crippen molar-refractivity contribution >= 4 is 5.69 Å². The van der Waals surface area contributed by atoms with Gasteiger partial charge in [0.25, 0.3) is 0 Å². The second-order valence-corrected chi connectivity index (χ2v) is 5.60. The molecule has 1 saturated carbocycles. The zero-order valence-electron chi connectivity index (χ0n) is 10.7. The lowest BCUT2D eigenvalue weighted by atomic mass is 9.70. The lowest BCUT2D eigenvalue weighted by Gasteiger charge is -2.33. The van der Waals surface area contributed by atoms with E-state index in [2.05, 4.69) is 28.8 Å². The second-order valence-electron chi connectivity index (χ2n) is 5.60. The molecule has 1 aromatic carbocycles. The zero-order chi connectivity index (χ0) is 11.7. The summed E-state index contributed by atoms with van der Waals surface area (Å²) in [5.74, 6) is 0. The largest absolute Gasteiger partial charge is 0.384 e. The number of nitrogens with one attached hydrogen (secondary N) is 2. The van der Waals surface area contributed by atoms with Gasteiger partial charge < -0.3 is 10.6 Å². The van der Waals surface area contributed by atoms with Crippen LogP contribution in [0.1, 0.15) is 43.2 Å². The molecule has 1 heterocycles. The summed E-state index contributed by atoms with van der Waals surface area (Å²) in [6, 6.07) is 6.94. The molecule has 0 bridgehead atoms. The molecule has 0 radical (unpaired) electrons. The average Bonchev–Trinajstić information content (AvgIpc) is 2.70. The maximum absolute atomic E-state index is 3.61. The van der Waals surface area contributed by atoms with Crippen LogP contribution in [0, 0.1) is 0 Å². The molecular weight excluding hydrogens is 208 g/mol. The van der Waals surface area contributed by atoms with E-state index in [0.29, 0.717) is 5.41 Å². The number of anilines is 1. The smallest absolute Gasteiger partial charge is 0.0379 e. The highest BCUT2D eigenvalue weighted by molar-refractivity contribution is 5.61. The van der Waals surface area contributed by atoms with Gasteiger partial charge >= 0.3 is 0 Å². The third-order valence-corrected chi connectivity index (χ3v) is 4.46. The quantitative estimate of drug-likeness (QED) is 0.816. The van der Waals surface area contributed by atoms with Crippen LogP contribution >= 0.6 is 0 Å². The first-order valence-corrected chi connectivity index (χ1v) is 6.86. The Morgan fingerprint density at radius 1 is 1.24 bits per heavy atom. The topological polar surface area (TPSA) is 24.1 Å². The highest BCUT2D eigenvalue weighted by Gasteiger charge is 2.39. The van der Waals surface area contributed by atoms with Crippen LogP contribution < -0.4 is 10.6 Å². The number of hydrogen-bond acceptors (Lipinski definition) is 2. The maximum atomic E-state index is 3.61. The molecule has 2 aliphatic rings. The third kappa shape index (κ3) is 1.85. The Hall–Kier alpha value is -1.02. The molecule has 0 unspecified atom stereocenters. The Kier molecular flexibility index (Phi) is 2.83. The van der Waals surface area contributed by atoms with Crippen LogP contribution in [0.2, 0.25) is 0 Å². The van der Waals surface area contributed by atoms with Gasteiger partial charge in [0, 0.05) is 24.2 Å². The van der Waals surface area contributed by atoms with Crippen LogP contribution in [0.3, 0.4) is 0 Å². The Morgan fingerprint density at radius 2 is 2.06 bits per heavy atom. The molecule has 3 rings (SSSR count). The Bertz CT molecular complexity index is 400. The van der Waals surface area contributed by atoms with Crippen LogP contribution in [0.4, 0.5) is 5.69 Å². The monoisotopic (exact) mass is 230 g/mol. The fraction of sp³-hybridized carbons (Fsp3) is 0.600. The second kappa shape index (κ2) is 4.34. The standard InChI is InChI=1S/C15H22N2/c1-16-10-12-5-6-14-13(9-12)15(11-17-14)7-3-2-4-8-15/h5-6,9,16-17H,2-4,7-8,10-11H2,1H3. The van der Waals surface area contributed by atoms with Crippen LogP contribution in [-0.2, 0) is 12.0 Å². The van der Waals surface area contributed by atoms with E-state index >= 15 is 0 Å². The molecule has 0 saturated heterocycles. The van der Waals surface area contributed by atoms with Crippen molar-refractivity contribution < 1.29 is 0 Å². The molecule has 1 aliphatic carbocycles. The molecule has 1 spiro atoms. The number of rotatable bonds is 2. The molecule has 1 fully saturated rings. The maximum Gasteiger partial charge on any atom is 0.0379 e. The van der Waals surface area contributed by atoms with Crippen molar-refractivity contribution in [1.82, 2.24) is 5.32 Å². The fourth-order valence-electron chi connectivity index (χ4n) is 3.53. The summed E-state index contributed by atoms with van der Waals surface area (Å²) >= 11 is 0. The first-order chi connectivity index (χ1) is 8.34. The lowest BCUT2D eigenvalue weighted by molar-refractivity contribution is 0.319. The van der Waals surface area contributed by atoms with Crippen molar-refractivity contribution in [1.29, 1.82) is 0 Å². The van der Waals surface area contributed by atoms with Crippen molar-refractivity contribution in [2.24, 2.45) is 0 Å². The Morgan fingerprint density at radius 3 is 2.82 bits per heavy atom. The van der Waals surface area contributed by atoms with Crippen molar-refractivity contribution in [3.63, 3.8) is 0 Å². The normalized spacial score (nSPS) is 21.2. The van der Waals surface area contributed by atoms with Gasteiger partial charge in [0.2, 0.25) is 0 Å². The highest BCUT2D eigenvalue weighted by atomic mass is 14.9. The molecule has 92 valence electrons. The minimum absolute atomic E-state index is 0.456. The van der Waals surface area contributed by atoms with E-state index in [1.54, 1.807) is 5.56 Å². The van der Waals surface area contributed by atoms with E-state index < -0.39 is 0 Å². The van der Waals surface area contributed by atoms with E-state index in [1.807, 2.05) is 7.05 Å². The van der Waals surface area contributed by atoms with Gasteiger partial charge in [-0.3, -0.25) is 0 Å². The van der Waals surface area contributed by atoms with E-state index in [0.717, 1.165) is 13.1 Å². The van der Waals surface area contributed by atoms with Gasteiger partial charge in [0.15, 0.2) is 0 Å². The Balaban J connectivity index is 1.96. The fourth-order valence-corrected chi connectivity index (χ4v) is 3.53. The first kappa shape index (κ1) is 11.1. The summed E-state index contributed by atoms with van der Waals surface area (Å²) in [7, 11) is 2.02. The molecule has 0 atom stereocenters. The van der Waals surface area contributed by atoms with Gasteiger partial charge in [-0.1, -0.05) is 31.4 Å². The summed E-state index contributed by atoms with van der Waals surface area (Å²) < 4.78 is 0. The number of fused-ring (bicyclic) bond motifs is 2. The molecule has 2 N–H and O–H groups in total. The van der Waals surface area contributed by atoms with E-state index in [1.165, 1.54) is 43.4 Å². The van der Waals surface area contributed by atoms with Crippen molar-refractivity contribution in [3.05, 3.63) is 29.3 Å². The third-order valence-electron chi connectivity index (χ3n) is 4.46. The Labute approximate surface area is 104 Å². The lowest BCUT2D eigenvalue weighted by Crippen LogP contribution is -2.31. The van der Waals surface area contributed by atoms with Gasteiger partial charge in [0.05, 0.1) is 0 Å². The first-order valence-electron chi connectivity index (χ1n) is 6.86. The van der Waals surface area contributed by atoms with Gasteiger partial charge in [-0.15, -0.1) is 0 Å². The summed E-state index contributed by atoms with van der Waals surface area (Å²) in [6.45, 7) is 2.13. The molecule has 1 aromatic rings. The minimum atomic E-state index is 0.456. The number of benzene rings is 1. The minimum Gasteiger partial charge on any atom is -0.384 e. The molecule has 2 nitrogen and oxygen atoms in total. The summed E-state index contributed by atoms with van der Waals surface area (Å²) in [5, 5.41) is 6.86. The highest BCUT2D eigenvalue weighted by Crippen LogP contribution is 2.46. The molecular formula is C15H22N2. The van der Waals surface area contributed by atoms with E-state index in [-0.39, 0.29) is 0 Å². The van der Waals surface area contributed by atoms with Gasteiger partial charge in [-0.2, -0.15) is 0 Å². The summed E-state index contributed by atoms with van der Waals surface area (Å²) in [5.41, 5.74) is 4.84. The van der Waals surface area contributed by atoms with Crippen LogP contribution in [0.25, 0.3) is 0 Å². The van der Waals surface area contributed by atoms with Crippen molar-refractivity contribution in [2.75, 3.05) is 18.9 Å². The van der Waals surface area contributed by atoms with Crippen LogP contribution in [0.15, 0.2) is 18.2 Å². The average molecular weight is 230 g/mol. The van der Waals surface area contributed by atoms with Gasteiger partial charge in [0.1, 0.15) is 0 Å². The summed E-state index contributed by atoms with van der Waals surface area (Å²) in [4.78, 5) is 0. The molecule has 0 aromatic heterocycles. The van der Waals surface area contributed by atoms with E-state index in [4.69, 9.17) is 0 Å². The van der Waals surface area contributed by atoms with Crippen LogP contribution in [-0.4, -0.2) is 13.6 Å². The molecule has 1 aliphatic heterocycles. The predicted molar refractivity (Wildman–Crippen MR) is 72.5 cm³/mol. The van der Waals surface area contributed by atoms with Crippen molar-refractivity contribution in [2.45, 2.75) is 44.1 Å². The zero-order valence-corrected chi connectivity index (χ0v) is 10.7. The predicted octanol–water partition coefficient (Wildman–Crippen LogP) is 3.03. The van der Waals surface area contributed by atoms with E-state index in [9.17, 15) is 0 Å². The summed E-state index contributed by atoms with van der Waals surface area (Å²) in [6.07, 6.45) is 6.97. The molecule has 2 heteroatoms. The SMILES string of the molecule is CNCc1ccc2c(c1)C1(CCCCC1)CN2. The molecule has 0 amide bonds. The van der Waals surface area contributed by atoms with Gasteiger partial charge in [-0.05, 0) is 37.1 Å². The van der Waals surface area contributed by atoms with Gasteiger partial charge in [-0.25, -0.2) is 0 Å². The van der Waals surface area contributed by atoms with Crippen LogP contribution in [0.5, 0.6) is 0 Å². The molecule has 17 heavy (non-hydrogen) atoms. The number of hydrogen-bond donors (Lipinski definition) is 2.